The Morgan fingerprint density at radius 3 is 2.73 bits per heavy atom. The number of non-ortho nitro benzene ring substituents is 1. The summed E-state index contributed by atoms with van der Waals surface area (Å²) >= 11 is 2.94. The van der Waals surface area contributed by atoms with Gasteiger partial charge < -0.3 is 20.0 Å². The van der Waals surface area contributed by atoms with Crippen molar-refractivity contribution in [1.29, 1.82) is 0 Å². The van der Waals surface area contributed by atoms with Crippen molar-refractivity contribution < 1.29 is 24.3 Å². The molecule has 120 valence electrons. The summed E-state index contributed by atoms with van der Waals surface area (Å²) < 4.78 is 14.2. The molecule has 1 saturated heterocycles. The molecule has 1 aliphatic rings. The molecule has 8 nitrogen and oxygen atoms in total. The van der Waals surface area contributed by atoms with Gasteiger partial charge in [-0.25, -0.2) is 9.18 Å². The predicted octanol–water partition coefficient (Wildman–Crippen LogP) is 1.66. The number of amides is 1. The molecule has 0 bridgehead atoms. The summed E-state index contributed by atoms with van der Waals surface area (Å²) in [7, 11) is 0. The van der Waals surface area contributed by atoms with Crippen LogP contribution in [-0.2, 0) is 0 Å². The number of nitro groups is 1. The lowest BCUT2D eigenvalue weighted by molar-refractivity contribution is -0.384. The summed E-state index contributed by atoms with van der Waals surface area (Å²) in [5, 5.41) is 29.3. The minimum absolute atomic E-state index is 0.00835. The number of aliphatic hydroxyl groups is 1. The van der Waals surface area contributed by atoms with Crippen LogP contribution in [0.3, 0.4) is 0 Å². The summed E-state index contributed by atoms with van der Waals surface area (Å²) in [6.45, 7) is -0.164. The number of halogens is 2. The SMILES string of the molecule is O=C(O)N1CCN(c2cc([N+](=O)[O-])cc(Br)c2F)C(CO)C1. The smallest absolute Gasteiger partial charge is 0.407 e. The van der Waals surface area contributed by atoms with E-state index >= 15 is 0 Å². The Bertz CT molecular complexity index is 615. The first kappa shape index (κ1) is 16.4. The molecule has 0 aliphatic carbocycles. The van der Waals surface area contributed by atoms with Crippen molar-refractivity contribution in [2.75, 3.05) is 31.1 Å². The average molecular weight is 378 g/mol. The van der Waals surface area contributed by atoms with E-state index in [2.05, 4.69) is 15.9 Å². The molecule has 0 aromatic heterocycles. The molecule has 2 N–H and O–H groups in total. The first-order chi connectivity index (χ1) is 10.3. The number of anilines is 1. The summed E-state index contributed by atoms with van der Waals surface area (Å²) in [5.74, 6) is -0.687. The fraction of sp³-hybridized carbons (Fsp3) is 0.417. The van der Waals surface area contributed by atoms with Crippen LogP contribution in [0.5, 0.6) is 0 Å². The number of piperazine rings is 1. The Morgan fingerprint density at radius 2 is 2.18 bits per heavy atom. The fourth-order valence-corrected chi connectivity index (χ4v) is 2.82. The Balaban J connectivity index is 2.38. The lowest BCUT2D eigenvalue weighted by Gasteiger charge is -2.41. The van der Waals surface area contributed by atoms with Gasteiger partial charge in [0, 0.05) is 31.8 Å². The molecule has 0 spiro atoms. The number of carboxylic acid groups (broad SMARTS) is 1. The van der Waals surface area contributed by atoms with Crippen LogP contribution < -0.4 is 4.90 Å². The second-order valence-corrected chi connectivity index (χ2v) is 5.63. The lowest BCUT2D eigenvalue weighted by atomic mass is 10.1. The Kier molecular flexibility index (Phi) is 4.81. The highest BCUT2D eigenvalue weighted by atomic mass is 79.9. The quantitative estimate of drug-likeness (QED) is 0.612. The second kappa shape index (κ2) is 6.44. The second-order valence-electron chi connectivity index (χ2n) is 4.78. The van der Waals surface area contributed by atoms with Crippen LogP contribution in [0.15, 0.2) is 16.6 Å². The zero-order chi connectivity index (χ0) is 16.4. The maximum Gasteiger partial charge on any atom is 0.407 e. The van der Waals surface area contributed by atoms with Crippen molar-refractivity contribution in [2.24, 2.45) is 0 Å². The molecule has 22 heavy (non-hydrogen) atoms. The summed E-state index contributed by atoms with van der Waals surface area (Å²) in [5.41, 5.74) is -0.328. The van der Waals surface area contributed by atoms with E-state index in [-0.39, 0.29) is 35.5 Å². The van der Waals surface area contributed by atoms with Crippen LogP contribution in [0.1, 0.15) is 0 Å². The number of nitrogens with zero attached hydrogens (tertiary/aromatic N) is 3. The zero-order valence-corrected chi connectivity index (χ0v) is 12.9. The Hall–Kier alpha value is -1.94. The van der Waals surface area contributed by atoms with Crippen molar-refractivity contribution in [3.8, 4) is 0 Å². The van der Waals surface area contributed by atoms with Gasteiger partial charge in [-0.15, -0.1) is 0 Å². The third kappa shape index (κ3) is 3.12. The number of benzene rings is 1. The van der Waals surface area contributed by atoms with E-state index in [9.17, 15) is 24.4 Å². The third-order valence-corrected chi connectivity index (χ3v) is 4.06. The molecule has 1 heterocycles. The molecule has 1 amide bonds. The standard InChI is InChI=1S/C12H13BrFN3O5/c13-9-3-7(17(21)22)4-10(11(9)14)16-2-1-15(12(19)20)5-8(16)6-18/h3-4,8,18H,1-2,5-6H2,(H,19,20). The topological polar surface area (TPSA) is 107 Å². The monoisotopic (exact) mass is 377 g/mol. The van der Waals surface area contributed by atoms with Gasteiger partial charge in [-0.05, 0) is 15.9 Å². The van der Waals surface area contributed by atoms with E-state index in [1.807, 2.05) is 0 Å². The van der Waals surface area contributed by atoms with Crippen LogP contribution in [0.4, 0.5) is 20.6 Å². The zero-order valence-electron chi connectivity index (χ0n) is 11.3. The van der Waals surface area contributed by atoms with Crippen molar-refractivity contribution in [3.05, 3.63) is 32.5 Å². The Labute approximate surface area is 133 Å². The molecule has 1 fully saturated rings. The molecule has 2 rings (SSSR count). The number of rotatable bonds is 3. The van der Waals surface area contributed by atoms with Crippen LogP contribution >= 0.6 is 15.9 Å². The number of hydrogen-bond acceptors (Lipinski definition) is 5. The molecule has 1 aromatic rings. The van der Waals surface area contributed by atoms with Gasteiger partial charge >= 0.3 is 6.09 Å². The highest BCUT2D eigenvalue weighted by Crippen LogP contribution is 2.33. The van der Waals surface area contributed by atoms with E-state index in [1.54, 1.807) is 0 Å². The highest BCUT2D eigenvalue weighted by Gasteiger charge is 2.32. The molecule has 1 unspecified atom stereocenters. The molecular formula is C12H13BrFN3O5. The predicted molar refractivity (Wildman–Crippen MR) is 78.6 cm³/mol. The average Bonchev–Trinajstić information content (AvgIpc) is 2.49. The highest BCUT2D eigenvalue weighted by molar-refractivity contribution is 9.10. The van der Waals surface area contributed by atoms with E-state index in [1.165, 1.54) is 4.90 Å². The fourth-order valence-electron chi connectivity index (χ4n) is 2.38. The van der Waals surface area contributed by atoms with Crippen molar-refractivity contribution in [1.82, 2.24) is 4.90 Å². The van der Waals surface area contributed by atoms with E-state index < -0.39 is 29.5 Å². The van der Waals surface area contributed by atoms with Crippen LogP contribution in [-0.4, -0.2) is 58.4 Å². The van der Waals surface area contributed by atoms with Crippen molar-refractivity contribution >= 4 is 33.4 Å². The molecular weight excluding hydrogens is 365 g/mol. The minimum Gasteiger partial charge on any atom is -0.465 e. The van der Waals surface area contributed by atoms with Crippen LogP contribution in [0.25, 0.3) is 0 Å². The van der Waals surface area contributed by atoms with Gasteiger partial charge in [0.15, 0.2) is 5.82 Å². The van der Waals surface area contributed by atoms with E-state index in [0.29, 0.717) is 0 Å². The van der Waals surface area contributed by atoms with Crippen molar-refractivity contribution in [3.63, 3.8) is 0 Å². The number of carbonyl (C=O) groups is 1. The first-order valence-electron chi connectivity index (χ1n) is 6.34. The van der Waals surface area contributed by atoms with Gasteiger partial charge in [-0.3, -0.25) is 10.1 Å². The van der Waals surface area contributed by atoms with Gasteiger partial charge in [0.05, 0.1) is 27.7 Å². The Morgan fingerprint density at radius 1 is 1.50 bits per heavy atom. The first-order valence-corrected chi connectivity index (χ1v) is 7.13. The van der Waals surface area contributed by atoms with E-state index in [0.717, 1.165) is 17.0 Å². The lowest BCUT2D eigenvalue weighted by Crippen LogP contribution is -2.56. The van der Waals surface area contributed by atoms with Crippen LogP contribution in [0.2, 0.25) is 0 Å². The molecule has 1 aromatic carbocycles. The van der Waals surface area contributed by atoms with Gasteiger partial charge in [-0.2, -0.15) is 0 Å². The normalized spacial score (nSPS) is 18.4. The molecule has 0 saturated carbocycles. The largest absolute Gasteiger partial charge is 0.465 e. The number of hydrogen-bond donors (Lipinski definition) is 2. The molecule has 1 aliphatic heterocycles. The summed E-state index contributed by atoms with van der Waals surface area (Å²) in [4.78, 5) is 23.8. The van der Waals surface area contributed by atoms with Gasteiger partial charge in [0.25, 0.3) is 5.69 Å². The van der Waals surface area contributed by atoms with Gasteiger partial charge in [0.1, 0.15) is 0 Å². The van der Waals surface area contributed by atoms with Crippen molar-refractivity contribution in [2.45, 2.75) is 6.04 Å². The maximum absolute atomic E-state index is 14.3. The number of nitro benzene ring substituents is 1. The molecule has 10 heteroatoms. The minimum atomic E-state index is -1.13. The number of aliphatic hydroxyl groups excluding tert-OH is 1. The molecule has 0 radical (unpaired) electrons. The third-order valence-electron chi connectivity index (χ3n) is 3.48. The van der Waals surface area contributed by atoms with E-state index in [4.69, 9.17) is 5.11 Å². The van der Waals surface area contributed by atoms with Gasteiger partial charge in [-0.1, -0.05) is 0 Å². The summed E-state index contributed by atoms with van der Waals surface area (Å²) in [6, 6.07) is 1.47. The maximum atomic E-state index is 14.3. The van der Waals surface area contributed by atoms with Gasteiger partial charge in [0.2, 0.25) is 0 Å². The molecule has 1 atom stereocenters. The summed E-state index contributed by atoms with van der Waals surface area (Å²) in [6.07, 6.45) is -1.13. The van der Waals surface area contributed by atoms with Crippen LogP contribution in [0, 0.1) is 15.9 Å².